The quantitative estimate of drug-likeness (QED) is 0.912. The summed E-state index contributed by atoms with van der Waals surface area (Å²) in [4.78, 5) is 2.50. The Morgan fingerprint density at radius 1 is 0.864 bits per heavy atom. The van der Waals surface area contributed by atoms with Gasteiger partial charge in [-0.15, -0.1) is 0 Å². The maximum atomic E-state index is 10.5. The van der Waals surface area contributed by atoms with E-state index in [1.165, 1.54) is 11.1 Å². The Labute approximate surface area is 133 Å². The summed E-state index contributed by atoms with van der Waals surface area (Å²) < 4.78 is 0. The van der Waals surface area contributed by atoms with Gasteiger partial charge in [0.1, 0.15) is 0 Å². The van der Waals surface area contributed by atoms with Crippen LogP contribution in [0.4, 0.5) is 0 Å². The van der Waals surface area contributed by atoms with Gasteiger partial charge in [-0.3, -0.25) is 4.90 Å². The van der Waals surface area contributed by atoms with Crippen molar-refractivity contribution in [2.45, 2.75) is 31.9 Å². The molecule has 0 aromatic heterocycles. The molecule has 0 unspecified atom stereocenters. The third-order valence-electron chi connectivity index (χ3n) is 4.71. The van der Waals surface area contributed by atoms with Crippen molar-refractivity contribution in [2.24, 2.45) is 5.92 Å². The topological polar surface area (TPSA) is 23.5 Å². The van der Waals surface area contributed by atoms with Gasteiger partial charge in [0.2, 0.25) is 0 Å². The van der Waals surface area contributed by atoms with Crippen molar-refractivity contribution in [2.75, 3.05) is 13.1 Å². The zero-order valence-electron chi connectivity index (χ0n) is 13.1. The van der Waals surface area contributed by atoms with Gasteiger partial charge in [0, 0.05) is 6.54 Å². The van der Waals surface area contributed by atoms with Crippen LogP contribution in [0.5, 0.6) is 0 Å². The minimum absolute atomic E-state index is 0.207. The molecule has 1 heterocycles. The van der Waals surface area contributed by atoms with E-state index < -0.39 is 0 Å². The van der Waals surface area contributed by atoms with Crippen molar-refractivity contribution >= 4 is 0 Å². The lowest BCUT2D eigenvalue weighted by atomic mass is 9.88. The molecule has 1 saturated heterocycles. The molecule has 1 aliphatic rings. The maximum Gasteiger partial charge on any atom is 0.0609 e. The van der Waals surface area contributed by atoms with E-state index in [0.717, 1.165) is 38.9 Å². The number of benzene rings is 2. The lowest BCUT2D eigenvalue weighted by Crippen LogP contribution is -2.38. The highest BCUT2D eigenvalue weighted by molar-refractivity contribution is 5.16. The smallest absolute Gasteiger partial charge is 0.0609 e. The van der Waals surface area contributed by atoms with Crippen LogP contribution in [0.2, 0.25) is 0 Å². The van der Waals surface area contributed by atoms with Gasteiger partial charge in [0.05, 0.1) is 6.10 Å². The molecule has 2 aromatic rings. The minimum atomic E-state index is -0.207. The molecule has 0 saturated carbocycles. The summed E-state index contributed by atoms with van der Waals surface area (Å²) in [5.74, 6) is 0.437. The van der Waals surface area contributed by atoms with Crippen LogP contribution in [0, 0.1) is 5.92 Å². The van der Waals surface area contributed by atoms with Gasteiger partial charge in [0.25, 0.3) is 0 Å². The fourth-order valence-electron chi connectivity index (χ4n) is 3.36. The van der Waals surface area contributed by atoms with Crippen LogP contribution in [0.3, 0.4) is 0 Å². The maximum absolute atomic E-state index is 10.5. The Morgan fingerprint density at radius 2 is 1.41 bits per heavy atom. The number of rotatable bonds is 5. The fourth-order valence-corrected chi connectivity index (χ4v) is 3.36. The average molecular weight is 295 g/mol. The Hall–Kier alpha value is -1.64. The predicted octanol–water partition coefficient (Wildman–Crippen LogP) is 3.50. The zero-order chi connectivity index (χ0) is 15.2. The molecule has 1 aliphatic heterocycles. The summed E-state index contributed by atoms with van der Waals surface area (Å²) in [6, 6.07) is 21.0. The Morgan fingerprint density at radius 3 is 2.00 bits per heavy atom. The van der Waals surface area contributed by atoms with Gasteiger partial charge in [-0.1, -0.05) is 60.7 Å². The second-order valence-electron chi connectivity index (χ2n) is 6.36. The van der Waals surface area contributed by atoms with Crippen LogP contribution in [0.1, 0.15) is 24.0 Å². The van der Waals surface area contributed by atoms with Crippen LogP contribution in [-0.4, -0.2) is 29.2 Å². The van der Waals surface area contributed by atoms with Crippen LogP contribution >= 0.6 is 0 Å². The van der Waals surface area contributed by atoms with Crippen LogP contribution in [-0.2, 0) is 13.0 Å². The Bertz CT molecular complexity index is 546. The molecule has 2 heteroatoms. The molecular formula is C20H25NO. The number of aliphatic hydroxyl groups is 1. The number of nitrogens with zero attached hydrogens (tertiary/aromatic N) is 1. The lowest BCUT2D eigenvalue weighted by molar-refractivity contribution is 0.0576. The Kier molecular flexibility index (Phi) is 5.25. The van der Waals surface area contributed by atoms with Gasteiger partial charge in [0.15, 0.2) is 0 Å². The molecule has 0 radical (unpaired) electrons. The second-order valence-corrected chi connectivity index (χ2v) is 6.36. The molecule has 0 aliphatic carbocycles. The van der Waals surface area contributed by atoms with Crippen LogP contribution < -0.4 is 0 Å². The third-order valence-corrected chi connectivity index (χ3v) is 4.71. The van der Waals surface area contributed by atoms with Crippen LogP contribution in [0.15, 0.2) is 60.7 Å². The molecule has 0 amide bonds. The first kappa shape index (κ1) is 15.3. The molecule has 22 heavy (non-hydrogen) atoms. The molecule has 2 aromatic carbocycles. The van der Waals surface area contributed by atoms with Crippen molar-refractivity contribution in [3.8, 4) is 0 Å². The summed E-state index contributed by atoms with van der Waals surface area (Å²) in [5.41, 5.74) is 2.62. The van der Waals surface area contributed by atoms with Gasteiger partial charge in [-0.05, 0) is 49.4 Å². The summed E-state index contributed by atoms with van der Waals surface area (Å²) in [5, 5.41) is 10.5. The highest BCUT2D eigenvalue weighted by Crippen LogP contribution is 2.24. The molecule has 1 atom stereocenters. The molecule has 1 N–H and O–H groups in total. The monoisotopic (exact) mass is 295 g/mol. The van der Waals surface area contributed by atoms with Gasteiger partial charge < -0.3 is 5.11 Å². The molecule has 0 bridgehead atoms. The SMILES string of the molecule is O[C@H](Cc1ccccc1)C1CCN(Cc2ccccc2)CC1. The first-order chi connectivity index (χ1) is 10.8. The van der Waals surface area contributed by atoms with Gasteiger partial charge >= 0.3 is 0 Å². The molecule has 0 spiro atoms. The first-order valence-corrected chi connectivity index (χ1v) is 8.29. The highest BCUT2D eigenvalue weighted by atomic mass is 16.3. The second kappa shape index (κ2) is 7.57. The number of hydrogen-bond acceptors (Lipinski definition) is 2. The number of likely N-dealkylation sites (tertiary alicyclic amines) is 1. The standard InChI is InChI=1S/C20H25NO/c22-20(15-17-7-3-1-4-8-17)19-11-13-21(14-12-19)16-18-9-5-2-6-10-18/h1-10,19-20,22H,11-16H2/t20-/m1/s1. The van der Waals surface area contributed by atoms with E-state index in [0.29, 0.717) is 5.92 Å². The third kappa shape index (κ3) is 4.19. The first-order valence-electron chi connectivity index (χ1n) is 8.29. The molecule has 116 valence electrons. The Balaban J connectivity index is 1.47. The van der Waals surface area contributed by atoms with Crippen molar-refractivity contribution in [3.63, 3.8) is 0 Å². The van der Waals surface area contributed by atoms with Crippen molar-refractivity contribution in [1.29, 1.82) is 0 Å². The van der Waals surface area contributed by atoms with E-state index in [9.17, 15) is 5.11 Å². The number of aliphatic hydroxyl groups excluding tert-OH is 1. The number of hydrogen-bond donors (Lipinski definition) is 1. The molecule has 2 nitrogen and oxygen atoms in total. The summed E-state index contributed by atoms with van der Waals surface area (Å²) in [7, 11) is 0. The zero-order valence-corrected chi connectivity index (χ0v) is 13.1. The fraction of sp³-hybridized carbons (Fsp3) is 0.400. The van der Waals surface area contributed by atoms with Crippen molar-refractivity contribution in [3.05, 3.63) is 71.8 Å². The molecule has 1 fully saturated rings. The van der Waals surface area contributed by atoms with E-state index in [1.54, 1.807) is 0 Å². The average Bonchev–Trinajstić information content (AvgIpc) is 2.57. The normalized spacial score (nSPS) is 18.2. The van der Waals surface area contributed by atoms with Crippen LogP contribution in [0.25, 0.3) is 0 Å². The van der Waals surface area contributed by atoms with E-state index in [1.807, 2.05) is 18.2 Å². The van der Waals surface area contributed by atoms with E-state index in [2.05, 4.69) is 47.4 Å². The molecule has 3 rings (SSSR count). The summed E-state index contributed by atoms with van der Waals surface area (Å²) >= 11 is 0. The summed E-state index contributed by atoms with van der Waals surface area (Å²) in [6.07, 6.45) is 2.77. The summed E-state index contributed by atoms with van der Waals surface area (Å²) in [6.45, 7) is 3.21. The van der Waals surface area contributed by atoms with E-state index >= 15 is 0 Å². The van der Waals surface area contributed by atoms with Gasteiger partial charge in [-0.25, -0.2) is 0 Å². The highest BCUT2D eigenvalue weighted by Gasteiger charge is 2.25. The predicted molar refractivity (Wildman–Crippen MR) is 90.6 cm³/mol. The minimum Gasteiger partial charge on any atom is -0.392 e. The number of piperidine rings is 1. The largest absolute Gasteiger partial charge is 0.392 e. The van der Waals surface area contributed by atoms with Gasteiger partial charge in [-0.2, -0.15) is 0 Å². The molecular weight excluding hydrogens is 270 g/mol. The van der Waals surface area contributed by atoms with Crippen molar-refractivity contribution in [1.82, 2.24) is 4.90 Å². The van der Waals surface area contributed by atoms with E-state index in [-0.39, 0.29) is 6.10 Å². The lowest BCUT2D eigenvalue weighted by Gasteiger charge is -2.34. The van der Waals surface area contributed by atoms with Crippen molar-refractivity contribution < 1.29 is 5.11 Å². The van der Waals surface area contributed by atoms with E-state index in [4.69, 9.17) is 0 Å².